The summed E-state index contributed by atoms with van der Waals surface area (Å²) in [4.78, 5) is 22.8. The predicted molar refractivity (Wildman–Crippen MR) is 126 cm³/mol. The average molecular weight is 534 g/mol. The largest absolute Gasteiger partial charge is 0.493 e. The van der Waals surface area contributed by atoms with Gasteiger partial charge >= 0.3 is 5.69 Å². The minimum atomic E-state index is -0.525. The molecule has 0 bridgehead atoms. The molecule has 0 radical (unpaired) electrons. The minimum absolute atomic E-state index is 0.116. The zero-order chi connectivity index (χ0) is 24.8. The molecule has 0 saturated heterocycles. The lowest BCUT2D eigenvalue weighted by Crippen LogP contribution is -2.24. The standard InChI is InChI=1S/C22H21BrFN5O5/c1-13-21(29(31)32)14(2)28(27-13)11-20(30)26-25-10-16-8-18(23)22(19(9-16)33-3)34-12-15-4-6-17(24)7-5-15/h4-10H,11-12H2,1-3H3,(H,26,30). The van der Waals surface area contributed by atoms with Gasteiger partial charge in [-0.15, -0.1) is 0 Å². The third kappa shape index (κ3) is 5.95. The first-order valence-electron chi connectivity index (χ1n) is 9.94. The smallest absolute Gasteiger partial charge is 0.312 e. The number of nitrogens with zero attached hydrogens (tertiary/aromatic N) is 4. The Morgan fingerprint density at radius 3 is 2.65 bits per heavy atom. The molecule has 1 N–H and O–H groups in total. The van der Waals surface area contributed by atoms with Gasteiger partial charge < -0.3 is 9.47 Å². The Morgan fingerprint density at radius 1 is 1.32 bits per heavy atom. The molecule has 0 aliphatic heterocycles. The van der Waals surface area contributed by atoms with Crippen LogP contribution < -0.4 is 14.9 Å². The number of halogens is 2. The van der Waals surface area contributed by atoms with E-state index in [1.54, 1.807) is 24.3 Å². The predicted octanol–water partition coefficient (Wildman–Crippen LogP) is 4.05. The average Bonchev–Trinajstić information content (AvgIpc) is 3.06. The minimum Gasteiger partial charge on any atom is -0.493 e. The van der Waals surface area contributed by atoms with Crippen molar-refractivity contribution in [3.05, 3.63) is 79.3 Å². The molecule has 0 atom stereocenters. The van der Waals surface area contributed by atoms with E-state index < -0.39 is 10.8 Å². The van der Waals surface area contributed by atoms with E-state index in [1.807, 2.05) is 0 Å². The normalized spacial score (nSPS) is 11.0. The second-order valence-electron chi connectivity index (χ2n) is 7.18. The second-order valence-corrected chi connectivity index (χ2v) is 8.03. The lowest BCUT2D eigenvalue weighted by atomic mass is 10.2. The molecule has 1 amide bonds. The molecule has 0 aliphatic carbocycles. The summed E-state index contributed by atoms with van der Waals surface area (Å²) in [6.45, 7) is 3.03. The van der Waals surface area contributed by atoms with E-state index >= 15 is 0 Å². The van der Waals surface area contributed by atoms with Crippen molar-refractivity contribution in [3.63, 3.8) is 0 Å². The van der Waals surface area contributed by atoms with Gasteiger partial charge in [0, 0.05) is 0 Å². The van der Waals surface area contributed by atoms with Crippen LogP contribution in [0.3, 0.4) is 0 Å². The molecule has 3 rings (SSSR count). The topological polar surface area (TPSA) is 121 Å². The van der Waals surface area contributed by atoms with Crippen molar-refractivity contribution in [3.8, 4) is 11.5 Å². The molecular formula is C22H21BrFN5O5. The Labute approximate surface area is 202 Å². The first-order chi connectivity index (χ1) is 16.2. The molecule has 10 nitrogen and oxygen atoms in total. The van der Waals surface area contributed by atoms with Gasteiger partial charge in [0.05, 0.1) is 22.7 Å². The van der Waals surface area contributed by atoms with Gasteiger partial charge in [-0.05, 0) is 65.2 Å². The lowest BCUT2D eigenvalue weighted by molar-refractivity contribution is -0.386. The molecule has 0 fully saturated rings. The van der Waals surface area contributed by atoms with Gasteiger partial charge in [-0.1, -0.05) is 12.1 Å². The number of carbonyl (C=O) groups excluding carboxylic acids is 1. The van der Waals surface area contributed by atoms with Crippen LogP contribution in [0.25, 0.3) is 0 Å². The molecule has 0 saturated carbocycles. The number of aryl methyl sites for hydroxylation is 1. The summed E-state index contributed by atoms with van der Waals surface area (Å²) in [5.74, 6) is 0.0646. The summed E-state index contributed by atoms with van der Waals surface area (Å²) in [5.41, 5.74) is 4.17. The van der Waals surface area contributed by atoms with E-state index in [2.05, 4.69) is 31.6 Å². The number of rotatable bonds is 9. The third-order valence-corrected chi connectivity index (χ3v) is 5.36. The van der Waals surface area contributed by atoms with Crippen molar-refractivity contribution in [2.45, 2.75) is 27.0 Å². The zero-order valence-electron chi connectivity index (χ0n) is 18.5. The van der Waals surface area contributed by atoms with Crippen molar-refractivity contribution >= 4 is 33.7 Å². The molecule has 3 aromatic rings. The van der Waals surface area contributed by atoms with Gasteiger partial charge in [0.25, 0.3) is 5.91 Å². The summed E-state index contributed by atoms with van der Waals surface area (Å²) in [5, 5.41) is 19.1. The molecule has 2 aromatic carbocycles. The number of hydrogen-bond donors (Lipinski definition) is 1. The number of amides is 1. The molecule has 12 heteroatoms. The number of hydrogen-bond acceptors (Lipinski definition) is 7. The summed E-state index contributed by atoms with van der Waals surface area (Å²) in [6.07, 6.45) is 1.42. The van der Waals surface area contributed by atoms with Crippen LogP contribution in [-0.2, 0) is 17.9 Å². The number of benzene rings is 2. The Bertz CT molecular complexity index is 1240. The molecule has 0 spiro atoms. The van der Waals surface area contributed by atoms with Crippen LogP contribution in [0.5, 0.6) is 11.5 Å². The van der Waals surface area contributed by atoms with E-state index in [4.69, 9.17) is 9.47 Å². The molecule has 0 unspecified atom stereocenters. The molecule has 1 aromatic heterocycles. The Hall–Kier alpha value is -3.80. The fourth-order valence-corrected chi connectivity index (χ4v) is 3.72. The summed E-state index contributed by atoms with van der Waals surface area (Å²) in [6, 6.07) is 9.37. The number of carbonyl (C=O) groups is 1. The number of hydrazone groups is 1. The first kappa shape index (κ1) is 24.8. The highest BCUT2D eigenvalue weighted by molar-refractivity contribution is 9.10. The monoisotopic (exact) mass is 533 g/mol. The van der Waals surface area contributed by atoms with Crippen molar-refractivity contribution in [2.24, 2.45) is 5.10 Å². The number of aromatic nitrogens is 2. The van der Waals surface area contributed by atoms with Gasteiger partial charge in [0.1, 0.15) is 30.4 Å². The molecule has 34 heavy (non-hydrogen) atoms. The number of methoxy groups -OCH3 is 1. The van der Waals surface area contributed by atoms with E-state index in [1.165, 1.54) is 44.0 Å². The Kier molecular flexibility index (Phi) is 7.95. The van der Waals surface area contributed by atoms with Crippen LogP contribution in [0.4, 0.5) is 10.1 Å². The highest BCUT2D eigenvalue weighted by atomic mass is 79.9. The number of nitro groups is 1. The van der Waals surface area contributed by atoms with Crippen molar-refractivity contribution < 1.29 is 23.6 Å². The summed E-state index contributed by atoms with van der Waals surface area (Å²) < 4.78 is 26.1. The van der Waals surface area contributed by atoms with Crippen LogP contribution in [0.15, 0.2) is 46.0 Å². The summed E-state index contributed by atoms with van der Waals surface area (Å²) in [7, 11) is 1.49. The van der Waals surface area contributed by atoms with Gasteiger partial charge in [-0.2, -0.15) is 10.2 Å². The van der Waals surface area contributed by atoms with Crippen molar-refractivity contribution in [1.82, 2.24) is 15.2 Å². The van der Waals surface area contributed by atoms with Gasteiger partial charge in [0.2, 0.25) is 0 Å². The molecule has 1 heterocycles. The van der Waals surface area contributed by atoms with Crippen LogP contribution in [0, 0.1) is 29.8 Å². The highest BCUT2D eigenvalue weighted by Crippen LogP contribution is 2.36. The van der Waals surface area contributed by atoms with E-state index in [0.29, 0.717) is 21.5 Å². The maximum absolute atomic E-state index is 13.1. The number of nitrogens with one attached hydrogen (secondary N) is 1. The van der Waals surface area contributed by atoms with Gasteiger partial charge in [0.15, 0.2) is 11.5 Å². The van der Waals surface area contributed by atoms with Crippen LogP contribution in [-0.4, -0.2) is 33.9 Å². The van der Waals surface area contributed by atoms with Crippen molar-refractivity contribution in [1.29, 1.82) is 0 Å². The van der Waals surface area contributed by atoms with E-state index in [-0.39, 0.29) is 36.0 Å². The van der Waals surface area contributed by atoms with E-state index in [9.17, 15) is 19.3 Å². The SMILES string of the molecule is COc1cc(C=NNC(=O)Cn2nc(C)c([N+](=O)[O-])c2C)cc(Br)c1OCc1ccc(F)cc1. The molecular weight excluding hydrogens is 513 g/mol. The fourth-order valence-electron chi connectivity index (χ4n) is 3.15. The van der Waals surface area contributed by atoms with E-state index in [0.717, 1.165) is 5.56 Å². The van der Waals surface area contributed by atoms with Gasteiger partial charge in [-0.25, -0.2) is 9.82 Å². The van der Waals surface area contributed by atoms with Crippen LogP contribution >= 0.6 is 15.9 Å². The zero-order valence-corrected chi connectivity index (χ0v) is 20.1. The fraction of sp³-hybridized carbons (Fsp3) is 0.227. The van der Waals surface area contributed by atoms with Crippen LogP contribution in [0.1, 0.15) is 22.5 Å². The van der Waals surface area contributed by atoms with Crippen molar-refractivity contribution in [2.75, 3.05) is 7.11 Å². The Balaban J connectivity index is 1.65. The first-order valence-corrected chi connectivity index (χ1v) is 10.7. The van der Waals surface area contributed by atoms with Crippen LogP contribution in [0.2, 0.25) is 0 Å². The molecule has 178 valence electrons. The molecule has 0 aliphatic rings. The maximum Gasteiger partial charge on any atom is 0.312 e. The lowest BCUT2D eigenvalue weighted by Gasteiger charge is -2.13. The third-order valence-electron chi connectivity index (χ3n) is 4.77. The maximum atomic E-state index is 13.1. The summed E-state index contributed by atoms with van der Waals surface area (Å²) >= 11 is 3.44. The highest BCUT2D eigenvalue weighted by Gasteiger charge is 2.22. The number of ether oxygens (including phenoxy) is 2. The quantitative estimate of drug-likeness (QED) is 0.251. The van der Waals surface area contributed by atoms with Gasteiger partial charge in [-0.3, -0.25) is 19.6 Å². The Morgan fingerprint density at radius 2 is 2.03 bits per heavy atom. The second kappa shape index (κ2) is 10.9.